The summed E-state index contributed by atoms with van der Waals surface area (Å²) in [5, 5.41) is 25.7. The third-order valence-electron chi connectivity index (χ3n) is 7.55. The normalized spacial score (nSPS) is 17.4. The molecule has 0 saturated heterocycles. The Bertz CT molecular complexity index is 1420. The monoisotopic (exact) mass is 546 g/mol. The number of aliphatic hydroxyl groups excluding tert-OH is 1. The molecule has 2 heterocycles. The van der Waals surface area contributed by atoms with Crippen molar-refractivity contribution in [2.75, 3.05) is 19.8 Å². The minimum Gasteiger partial charge on any atom is -0.490 e. The Labute approximate surface area is 236 Å². The van der Waals surface area contributed by atoms with Crippen LogP contribution in [0.1, 0.15) is 57.4 Å². The van der Waals surface area contributed by atoms with Crippen LogP contribution in [0.5, 0.6) is 5.75 Å². The summed E-state index contributed by atoms with van der Waals surface area (Å²) in [5.74, 6) is 0.000711. The van der Waals surface area contributed by atoms with Crippen molar-refractivity contribution in [3.63, 3.8) is 0 Å². The lowest BCUT2D eigenvalue weighted by Crippen LogP contribution is -2.37. The van der Waals surface area contributed by atoms with Gasteiger partial charge in [-0.2, -0.15) is 0 Å². The highest BCUT2D eigenvalue weighted by Crippen LogP contribution is 2.42. The SMILES string of the molecule is CC(C)NCC(O)COc1cccc2ccccc12.CCc1cccc2c3c([nH]c12)C(CC)(CC(=O)O)OCC3. The molecule has 2 atom stereocenters. The van der Waals surface area contributed by atoms with Crippen molar-refractivity contribution in [3.05, 3.63) is 77.5 Å². The van der Waals surface area contributed by atoms with Gasteiger partial charge in [-0.15, -0.1) is 0 Å². The standard InChI is InChI=1S/C17H21NO3.C16H21NO2/c1-3-11-6-5-7-12-13-8-9-21-17(4-2,10-14(19)20)16(13)18-15(11)12;1-12(2)17-10-14(18)11-19-16-9-5-7-13-6-3-4-8-15(13)16/h5-7,18H,3-4,8-10H2,1-2H3,(H,19,20);3-9,12,14,17-18H,10-11H2,1-2H3. The number of aliphatic carboxylic acids is 1. The predicted molar refractivity (Wildman–Crippen MR) is 160 cm³/mol. The molecule has 40 heavy (non-hydrogen) atoms. The van der Waals surface area contributed by atoms with Gasteiger partial charge in [-0.1, -0.05) is 82.3 Å². The second-order valence-corrected chi connectivity index (χ2v) is 10.7. The Morgan fingerprint density at radius 3 is 2.52 bits per heavy atom. The van der Waals surface area contributed by atoms with E-state index in [1.165, 1.54) is 16.5 Å². The summed E-state index contributed by atoms with van der Waals surface area (Å²) in [6.45, 7) is 9.66. The molecule has 0 bridgehead atoms. The van der Waals surface area contributed by atoms with E-state index in [-0.39, 0.29) is 6.42 Å². The number of carboxylic acid groups (broad SMARTS) is 1. The van der Waals surface area contributed by atoms with Gasteiger partial charge in [0.25, 0.3) is 0 Å². The fourth-order valence-corrected chi connectivity index (χ4v) is 5.42. The highest BCUT2D eigenvalue weighted by atomic mass is 16.5. The first-order chi connectivity index (χ1) is 19.3. The van der Waals surface area contributed by atoms with Gasteiger partial charge in [0, 0.05) is 28.9 Å². The summed E-state index contributed by atoms with van der Waals surface area (Å²) < 4.78 is 11.7. The van der Waals surface area contributed by atoms with Crippen molar-refractivity contribution in [3.8, 4) is 5.75 Å². The molecular formula is C33H42N2O5. The van der Waals surface area contributed by atoms with Crippen molar-refractivity contribution in [2.45, 2.75) is 71.1 Å². The molecule has 0 aliphatic carbocycles. The predicted octanol–water partition coefficient (Wildman–Crippen LogP) is 5.96. The molecule has 5 rings (SSSR count). The minimum atomic E-state index is -0.820. The van der Waals surface area contributed by atoms with E-state index in [1.54, 1.807) is 0 Å². The number of hydrogen-bond donors (Lipinski definition) is 4. The summed E-state index contributed by atoms with van der Waals surface area (Å²) in [6, 6.07) is 20.7. The van der Waals surface area contributed by atoms with Gasteiger partial charge in [-0.3, -0.25) is 4.79 Å². The quantitative estimate of drug-likeness (QED) is 0.196. The molecule has 0 fully saturated rings. The number of aromatic amines is 1. The number of rotatable bonds is 10. The van der Waals surface area contributed by atoms with Gasteiger partial charge in [0.1, 0.15) is 24.1 Å². The molecule has 2 unspecified atom stereocenters. The summed E-state index contributed by atoms with van der Waals surface area (Å²) in [7, 11) is 0. The van der Waals surface area contributed by atoms with Crippen LogP contribution in [0.2, 0.25) is 0 Å². The summed E-state index contributed by atoms with van der Waals surface area (Å²) in [5.41, 5.74) is 3.88. The Hall–Kier alpha value is -3.39. The van der Waals surface area contributed by atoms with Crippen molar-refractivity contribution in [1.82, 2.24) is 10.3 Å². The molecule has 1 aromatic heterocycles. The van der Waals surface area contributed by atoms with E-state index in [0.717, 1.165) is 40.6 Å². The number of aromatic nitrogens is 1. The van der Waals surface area contributed by atoms with Gasteiger partial charge in [0.05, 0.1) is 18.7 Å². The number of para-hydroxylation sites is 1. The van der Waals surface area contributed by atoms with Crippen LogP contribution >= 0.6 is 0 Å². The van der Waals surface area contributed by atoms with E-state index < -0.39 is 17.7 Å². The highest BCUT2D eigenvalue weighted by molar-refractivity contribution is 5.89. The highest BCUT2D eigenvalue weighted by Gasteiger charge is 2.40. The van der Waals surface area contributed by atoms with Crippen LogP contribution in [0.15, 0.2) is 60.7 Å². The molecule has 4 N–H and O–H groups in total. The summed E-state index contributed by atoms with van der Waals surface area (Å²) >= 11 is 0. The molecule has 7 nitrogen and oxygen atoms in total. The maximum atomic E-state index is 11.3. The van der Waals surface area contributed by atoms with Crippen molar-refractivity contribution >= 4 is 27.6 Å². The van der Waals surface area contributed by atoms with E-state index >= 15 is 0 Å². The van der Waals surface area contributed by atoms with Gasteiger partial charge in [0.2, 0.25) is 0 Å². The van der Waals surface area contributed by atoms with E-state index in [2.05, 4.69) is 61.4 Å². The summed E-state index contributed by atoms with van der Waals surface area (Å²) in [6.07, 6.45) is 1.95. The van der Waals surface area contributed by atoms with Crippen LogP contribution in [-0.4, -0.2) is 53.1 Å². The summed E-state index contributed by atoms with van der Waals surface area (Å²) in [4.78, 5) is 14.8. The Morgan fingerprint density at radius 2 is 1.80 bits per heavy atom. The van der Waals surface area contributed by atoms with Crippen molar-refractivity contribution in [2.24, 2.45) is 0 Å². The zero-order valence-corrected chi connectivity index (χ0v) is 24.0. The molecule has 0 amide bonds. The van der Waals surface area contributed by atoms with Crippen LogP contribution in [0.3, 0.4) is 0 Å². The van der Waals surface area contributed by atoms with E-state index in [4.69, 9.17) is 9.47 Å². The molecule has 1 aliphatic heterocycles. The molecule has 0 spiro atoms. The second kappa shape index (κ2) is 13.3. The maximum Gasteiger partial charge on any atom is 0.306 e. The lowest BCUT2D eigenvalue weighted by molar-refractivity contribution is -0.148. The molecule has 1 aliphatic rings. The van der Waals surface area contributed by atoms with Gasteiger partial charge in [0.15, 0.2) is 0 Å². The fraction of sp³-hybridized carbons (Fsp3) is 0.424. The van der Waals surface area contributed by atoms with Crippen LogP contribution in [0, 0.1) is 0 Å². The third-order valence-corrected chi connectivity index (χ3v) is 7.55. The molecule has 0 saturated carbocycles. The number of aliphatic hydroxyl groups is 1. The molecule has 7 heteroatoms. The number of carboxylic acids is 1. The zero-order chi connectivity index (χ0) is 28.7. The second-order valence-electron chi connectivity index (χ2n) is 10.7. The van der Waals surface area contributed by atoms with Gasteiger partial charge in [-0.25, -0.2) is 0 Å². The largest absolute Gasteiger partial charge is 0.490 e. The number of ether oxygens (including phenoxy) is 2. The van der Waals surface area contributed by atoms with Gasteiger partial charge < -0.3 is 30.0 Å². The van der Waals surface area contributed by atoms with Gasteiger partial charge in [-0.05, 0) is 41.8 Å². The average molecular weight is 547 g/mol. The first kappa shape index (κ1) is 29.6. The molecule has 0 radical (unpaired) electrons. The van der Waals surface area contributed by atoms with Crippen molar-refractivity contribution in [1.29, 1.82) is 0 Å². The Morgan fingerprint density at radius 1 is 1.07 bits per heavy atom. The van der Waals surface area contributed by atoms with Gasteiger partial charge >= 0.3 is 5.97 Å². The first-order valence-corrected chi connectivity index (χ1v) is 14.3. The Kier molecular flexibility index (Phi) is 9.85. The third kappa shape index (κ3) is 6.66. The molecular weight excluding hydrogens is 504 g/mol. The van der Waals surface area contributed by atoms with Crippen LogP contribution < -0.4 is 10.1 Å². The van der Waals surface area contributed by atoms with Crippen LogP contribution in [-0.2, 0) is 28.0 Å². The van der Waals surface area contributed by atoms with Crippen LogP contribution in [0.25, 0.3) is 21.7 Å². The lowest BCUT2D eigenvalue weighted by atomic mass is 9.86. The number of fused-ring (bicyclic) bond motifs is 4. The zero-order valence-electron chi connectivity index (χ0n) is 24.0. The molecule has 3 aromatic carbocycles. The van der Waals surface area contributed by atoms with E-state index in [0.29, 0.717) is 32.2 Å². The number of benzene rings is 3. The number of H-pyrrole nitrogens is 1. The Balaban J connectivity index is 0.000000186. The fourth-order valence-electron chi connectivity index (χ4n) is 5.42. The number of aryl methyl sites for hydroxylation is 1. The topological polar surface area (TPSA) is 104 Å². The first-order valence-electron chi connectivity index (χ1n) is 14.3. The van der Waals surface area contributed by atoms with E-state index in [1.807, 2.05) is 37.3 Å². The number of hydrogen-bond acceptors (Lipinski definition) is 5. The average Bonchev–Trinajstić information content (AvgIpc) is 3.35. The maximum absolute atomic E-state index is 11.3. The smallest absolute Gasteiger partial charge is 0.306 e. The van der Waals surface area contributed by atoms with E-state index in [9.17, 15) is 15.0 Å². The number of nitrogens with one attached hydrogen (secondary N) is 2. The number of carbonyl (C=O) groups is 1. The lowest BCUT2D eigenvalue weighted by Gasteiger charge is -2.35. The van der Waals surface area contributed by atoms with Crippen LogP contribution in [0.4, 0.5) is 0 Å². The minimum absolute atomic E-state index is 0.00474. The van der Waals surface area contributed by atoms with Crippen molar-refractivity contribution < 1.29 is 24.5 Å². The molecule has 214 valence electrons. The molecule has 4 aromatic rings.